The number of hydrogen-bond donors (Lipinski definition) is 0. The van der Waals surface area contributed by atoms with Crippen molar-refractivity contribution in [3.05, 3.63) is 23.8 Å². The minimum absolute atomic E-state index is 0.214. The van der Waals surface area contributed by atoms with Crippen molar-refractivity contribution in [1.82, 2.24) is 9.80 Å². The lowest BCUT2D eigenvalue weighted by molar-refractivity contribution is -0.133. The number of benzene rings is 1. The molecule has 2 fully saturated rings. The van der Waals surface area contributed by atoms with Gasteiger partial charge in [-0.25, -0.2) is 0 Å². The lowest BCUT2D eigenvalue weighted by atomic mass is 10.1. The molecule has 0 aromatic heterocycles. The summed E-state index contributed by atoms with van der Waals surface area (Å²) in [6.45, 7) is 5.39. The van der Waals surface area contributed by atoms with Gasteiger partial charge < -0.3 is 19.1 Å². The van der Waals surface area contributed by atoms with Crippen molar-refractivity contribution >= 4 is 5.91 Å². The number of carbonyl (C=O) groups is 1. The van der Waals surface area contributed by atoms with Gasteiger partial charge in [0.25, 0.3) is 0 Å². The molecule has 0 bridgehead atoms. The molecule has 2 aliphatic rings. The Hall–Kier alpha value is -1.79. The van der Waals surface area contributed by atoms with Gasteiger partial charge in [-0.05, 0) is 30.9 Å². The number of rotatable bonds is 7. The molecule has 2 saturated heterocycles. The first-order chi connectivity index (χ1) is 12.7. The van der Waals surface area contributed by atoms with Crippen molar-refractivity contribution in [3.63, 3.8) is 0 Å². The minimum Gasteiger partial charge on any atom is -0.493 e. The normalized spacial score (nSPS) is 21.0. The summed E-state index contributed by atoms with van der Waals surface area (Å²) in [5, 5.41) is 0. The lowest BCUT2D eigenvalue weighted by Crippen LogP contribution is -2.50. The van der Waals surface area contributed by atoms with Crippen molar-refractivity contribution in [1.29, 1.82) is 0 Å². The highest BCUT2D eigenvalue weighted by molar-refractivity contribution is 5.76. The Labute approximate surface area is 156 Å². The number of carbonyl (C=O) groups excluding carboxylic acids is 1. The van der Waals surface area contributed by atoms with E-state index in [2.05, 4.69) is 4.90 Å². The van der Waals surface area contributed by atoms with Crippen LogP contribution in [0.15, 0.2) is 18.2 Å². The number of ether oxygens (including phenoxy) is 3. The number of para-hydroxylation sites is 1. The van der Waals surface area contributed by atoms with Crippen LogP contribution in [-0.2, 0) is 16.0 Å². The van der Waals surface area contributed by atoms with Crippen LogP contribution in [0, 0.1) is 0 Å². The second-order valence-electron chi connectivity index (χ2n) is 6.97. The number of methoxy groups -OCH3 is 2. The topological polar surface area (TPSA) is 51.2 Å². The summed E-state index contributed by atoms with van der Waals surface area (Å²) in [6.07, 6.45) is 3.89. The van der Waals surface area contributed by atoms with Gasteiger partial charge in [-0.3, -0.25) is 9.69 Å². The van der Waals surface area contributed by atoms with Gasteiger partial charge in [0.05, 0.1) is 20.3 Å². The highest BCUT2D eigenvalue weighted by Gasteiger charge is 2.25. The molecule has 0 aliphatic carbocycles. The summed E-state index contributed by atoms with van der Waals surface area (Å²) >= 11 is 0. The number of hydrogen-bond acceptors (Lipinski definition) is 5. The van der Waals surface area contributed by atoms with Gasteiger partial charge in [-0.1, -0.05) is 12.1 Å². The number of nitrogens with zero attached hydrogens (tertiary/aromatic N) is 2. The van der Waals surface area contributed by atoms with E-state index in [1.165, 1.54) is 12.8 Å². The fraction of sp³-hybridized carbons (Fsp3) is 0.650. The summed E-state index contributed by atoms with van der Waals surface area (Å²) in [4.78, 5) is 17.0. The molecule has 0 radical (unpaired) electrons. The monoisotopic (exact) mass is 362 g/mol. The largest absolute Gasteiger partial charge is 0.493 e. The molecule has 144 valence electrons. The second-order valence-corrected chi connectivity index (χ2v) is 6.97. The highest BCUT2D eigenvalue weighted by atomic mass is 16.5. The maximum Gasteiger partial charge on any atom is 0.222 e. The van der Waals surface area contributed by atoms with Crippen LogP contribution in [0.3, 0.4) is 0 Å². The molecule has 1 aromatic carbocycles. The third-order valence-corrected chi connectivity index (χ3v) is 5.30. The molecule has 0 saturated carbocycles. The molecule has 2 aliphatic heterocycles. The van der Waals surface area contributed by atoms with Crippen LogP contribution in [0.5, 0.6) is 11.5 Å². The first-order valence-electron chi connectivity index (χ1n) is 9.53. The summed E-state index contributed by atoms with van der Waals surface area (Å²) < 4.78 is 16.5. The van der Waals surface area contributed by atoms with Crippen molar-refractivity contribution < 1.29 is 19.0 Å². The fourth-order valence-corrected chi connectivity index (χ4v) is 3.81. The van der Waals surface area contributed by atoms with Gasteiger partial charge in [0.1, 0.15) is 0 Å². The zero-order valence-corrected chi connectivity index (χ0v) is 15.9. The lowest BCUT2D eigenvalue weighted by Gasteiger charge is -2.35. The average Bonchev–Trinajstić information content (AvgIpc) is 3.19. The first kappa shape index (κ1) is 19.0. The van der Waals surface area contributed by atoms with E-state index in [1.807, 2.05) is 23.1 Å². The van der Waals surface area contributed by atoms with Crippen molar-refractivity contribution in [3.8, 4) is 11.5 Å². The molecule has 1 aromatic rings. The van der Waals surface area contributed by atoms with E-state index < -0.39 is 0 Å². The van der Waals surface area contributed by atoms with Crippen molar-refractivity contribution in [2.75, 3.05) is 53.6 Å². The zero-order chi connectivity index (χ0) is 18.4. The minimum atomic E-state index is 0.214. The van der Waals surface area contributed by atoms with Crippen LogP contribution in [0.25, 0.3) is 0 Å². The SMILES string of the molecule is COc1cccc(CCC(=O)N2CCN(C[C@@H]3CCCO3)CC2)c1OC. The van der Waals surface area contributed by atoms with Crippen LogP contribution >= 0.6 is 0 Å². The molecule has 6 nitrogen and oxygen atoms in total. The quantitative estimate of drug-likeness (QED) is 0.742. The molecule has 0 unspecified atom stereocenters. The molecular formula is C20H30N2O4. The highest BCUT2D eigenvalue weighted by Crippen LogP contribution is 2.31. The summed E-state index contributed by atoms with van der Waals surface area (Å²) in [5.41, 5.74) is 1.01. The molecule has 26 heavy (non-hydrogen) atoms. The Morgan fingerprint density at radius 2 is 2.00 bits per heavy atom. The summed E-state index contributed by atoms with van der Waals surface area (Å²) in [7, 11) is 3.26. The van der Waals surface area contributed by atoms with Gasteiger partial charge in [0.2, 0.25) is 5.91 Å². The Kier molecular flexibility index (Phi) is 6.74. The summed E-state index contributed by atoms with van der Waals surface area (Å²) in [6, 6.07) is 5.80. The third kappa shape index (κ3) is 4.68. The van der Waals surface area contributed by atoms with Crippen LogP contribution in [0.1, 0.15) is 24.8 Å². The second kappa shape index (κ2) is 9.24. The fourth-order valence-electron chi connectivity index (χ4n) is 3.81. The van der Waals surface area contributed by atoms with Crippen LogP contribution in [-0.4, -0.2) is 75.4 Å². The van der Waals surface area contributed by atoms with Gasteiger partial charge in [-0.15, -0.1) is 0 Å². The van der Waals surface area contributed by atoms with E-state index >= 15 is 0 Å². The van der Waals surface area contributed by atoms with E-state index in [0.29, 0.717) is 24.7 Å². The first-order valence-corrected chi connectivity index (χ1v) is 9.53. The molecule has 1 amide bonds. The van der Waals surface area contributed by atoms with Gasteiger partial charge in [0, 0.05) is 45.8 Å². The van der Waals surface area contributed by atoms with Crippen LogP contribution in [0.4, 0.5) is 0 Å². The molecule has 3 rings (SSSR count). The average molecular weight is 362 g/mol. The Balaban J connectivity index is 1.46. The number of amides is 1. The molecule has 0 N–H and O–H groups in total. The molecule has 2 heterocycles. The smallest absolute Gasteiger partial charge is 0.222 e. The Morgan fingerprint density at radius 3 is 2.65 bits per heavy atom. The van der Waals surface area contributed by atoms with E-state index in [-0.39, 0.29) is 5.91 Å². The van der Waals surface area contributed by atoms with E-state index in [4.69, 9.17) is 14.2 Å². The molecular weight excluding hydrogens is 332 g/mol. The standard InChI is InChI=1S/C20H30N2O4/c1-24-18-7-3-5-16(20(18)25-2)8-9-19(23)22-12-10-21(11-13-22)15-17-6-4-14-26-17/h3,5,7,17H,4,6,8-15H2,1-2H3/t17-/m0/s1. The van der Waals surface area contributed by atoms with Gasteiger partial charge in [0.15, 0.2) is 11.5 Å². The molecule has 0 spiro atoms. The number of piperazine rings is 1. The predicted molar refractivity (Wildman–Crippen MR) is 99.9 cm³/mol. The Morgan fingerprint density at radius 1 is 1.19 bits per heavy atom. The third-order valence-electron chi connectivity index (χ3n) is 5.30. The maximum atomic E-state index is 12.6. The molecule has 6 heteroatoms. The van der Waals surface area contributed by atoms with E-state index in [9.17, 15) is 4.79 Å². The van der Waals surface area contributed by atoms with E-state index in [0.717, 1.165) is 50.6 Å². The van der Waals surface area contributed by atoms with Gasteiger partial charge in [-0.2, -0.15) is 0 Å². The summed E-state index contributed by atoms with van der Waals surface area (Å²) in [5.74, 6) is 1.65. The maximum absolute atomic E-state index is 12.6. The molecule has 1 atom stereocenters. The van der Waals surface area contributed by atoms with Crippen molar-refractivity contribution in [2.45, 2.75) is 31.8 Å². The number of aryl methyl sites for hydroxylation is 1. The van der Waals surface area contributed by atoms with Crippen LogP contribution < -0.4 is 9.47 Å². The predicted octanol–water partition coefficient (Wildman–Crippen LogP) is 1.96. The van der Waals surface area contributed by atoms with Crippen molar-refractivity contribution in [2.24, 2.45) is 0 Å². The van der Waals surface area contributed by atoms with Crippen LogP contribution in [0.2, 0.25) is 0 Å². The van der Waals surface area contributed by atoms with Gasteiger partial charge >= 0.3 is 0 Å². The van der Waals surface area contributed by atoms with E-state index in [1.54, 1.807) is 14.2 Å². The zero-order valence-electron chi connectivity index (χ0n) is 15.9. The Bertz CT molecular complexity index is 593.